The molecule has 0 bridgehead atoms. The molecule has 1 fully saturated rings. The summed E-state index contributed by atoms with van der Waals surface area (Å²) < 4.78 is 5.52. The van der Waals surface area contributed by atoms with E-state index in [-0.39, 0.29) is 24.5 Å². The molecule has 0 spiro atoms. The maximum atomic E-state index is 12.2. The third kappa shape index (κ3) is 3.75. The first-order chi connectivity index (χ1) is 11.6. The number of amides is 2. The van der Waals surface area contributed by atoms with E-state index in [0.717, 1.165) is 5.69 Å². The summed E-state index contributed by atoms with van der Waals surface area (Å²) in [7, 11) is 0. The Bertz CT molecular complexity index is 736. The summed E-state index contributed by atoms with van der Waals surface area (Å²) in [5.41, 5.74) is 1.25. The molecular formula is C18H17ClN2O3. The van der Waals surface area contributed by atoms with Crippen molar-refractivity contribution in [3.8, 4) is 0 Å². The van der Waals surface area contributed by atoms with Crippen LogP contribution in [0.15, 0.2) is 54.6 Å². The molecule has 2 aromatic carbocycles. The molecule has 1 unspecified atom stereocenters. The zero-order chi connectivity index (χ0) is 16.9. The Balaban J connectivity index is 1.61. The number of hydrogen-bond acceptors (Lipinski definition) is 3. The monoisotopic (exact) mass is 344 g/mol. The van der Waals surface area contributed by atoms with Gasteiger partial charge in [-0.05, 0) is 24.3 Å². The topological polar surface area (TPSA) is 58.6 Å². The minimum Gasteiger partial charge on any atom is -0.365 e. The molecule has 1 N–H and O–H groups in total. The number of nitrogens with zero attached hydrogens (tertiary/aromatic N) is 1. The molecule has 3 rings (SSSR count). The fourth-order valence-corrected chi connectivity index (χ4v) is 2.77. The third-order valence-corrected chi connectivity index (χ3v) is 4.14. The SMILES string of the molecule is O=C(NCC1CN(c2ccccc2)C(=O)CO1)c1ccccc1Cl. The van der Waals surface area contributed by atoms with E-state index in [4.69, 9.17) is 16.3 Å². The molecule has 1 heterocycles. The van der Waals surface area contributed by atoms with Gasteiger partial charge in [0.2, 0.25) is 0 Å². The number of nitrogens with one attached hydrogen (secondary N) is 1. The smallest absolute Gasteiger partial charge is 0.253 e. The van der Waals surface area contributed by atoms with E-state index in [9.17, 15) is 9.59 Å². The highest BCUT2D eigenvalue weighted by atomic mass is 35.5. The number of halogens is 1. The first kappa shape index (κ1) is 16.5. The van der Waals surface area contributed by atoms with Gasteiger partial charge in [-0.3, -0.25) is 9.59 Å². The van der Waals surface area contributed by atoms with E-state index in [2.05, 4.69) is 5.32 Å². The maximum Gasteiger partial charge on any atom is 0.253 e. The molecule has 0 aliphatic carbocycles. The summed E-state index contributed by atoms with van der Waals surface area (Å²) in [6.45, 7) is 0.702. The molecule has 24 heavy (non-hydrogen) atoms. The molecule has 124 valence electrons. The van der Waals surface area contributed by atoms with Gasteiger partial charge < -0.3 is 15.0 Å². The van der Waals surface area contributed by atoms with Gasteiger partial charge in [-0.15, -0.1) is 0 Å². The molecular weight excluding hydrogens is 328 g/mol. The Kier molecular flexibility index (Phi) is 5.13. The number of benzene rings is 2. The highest BCUT2D eigenvalue weighted by molar-refractivity contribution is 6.33. The summed E-state index contributed by atoms with van der Waals surface area (Å²) in [5.74, 6) is -0.345. The normalized spacial score (nSPS) is 17.6. The minimum absolute atomic E-state index is 0.00151. The van der Waals surface area contributed by atoms with Crippen LogP contribution in [0.1, 0.15) is 10.4 Å². The molecule has 1 aliphatic rings. The molecule has 0 radical (unpaired) electrons. The Morgan fingerprint density at radius 3 is 2.62 bits per heavy atom. The van der Waals surface area contributed by atoms with Crippen LogP contribution in [0.3, 0.4) is 0 Å². The van der Waals surface area contributed by atoms with Crippen molar-refractivity contribution in [1.82, 2.24) is 5.32 Å². The van der Waals surface area contributed by atoms with Crippen molar-refractivity contribution in [3.63, 3.8) is 0 Å². The predicted octanol–water partition coefficient (Wildman–Crippen LogP) is 2.50. The fraction of sp³-hybridized carbons (Fsp3) is 0.222. The van der Waals surface area contributed by atoms with Crippen LogP contribution in [0.5, 0.6) is 0 Å². The highest BCUT2D eigenvalue weighted by Gasteiger charge is 2.27. The zero-order valence-corrected chi connectivity index (χ0v) is 13.7. The van der Waals surface area contributed by atoms with Crippen molar-refractivity contribution in [3.05, 3.63) is 65.2 Å². The summed E-state index contributed by atoms with van der Waals surface area (Å²) >= 11 is 6.02. The predicted molar refractivity (Wildman–Crippen MR) is 92.3 cm³/mol. The lowest BCUT2D eigenvalue weighted by Crippen LogP contribution is -2.50. The number of para-hydroxylation sites is 1. The van der Waals surface area contributed by atoms with E-state index in [1.165, 1.54) is 0 Å². The average Bonchev–Trinajstić information content (AvgIpc) is 2.62. The lowest BCUT2D eigenvalue weighted by Gasteiger charge is -2.32. The largest absolute Gasteiger partial charge is 0.365 e. The number of carbonyl (C=O) groups excluding carboxylic acids is 2. The molecule has 2 amide bonds. The van der Waals surface area contributed by atoms with Crippen molar-refractivity contribution < 1.29 is 14.3 Å². The number of morpholine rings is 1. The first-order valence-corrected chi connectivity index (χ1v) is 8.02. The number of rotatable bonds is 4. The molecule has 1 atom stereocenters. The van der Waals surface area contributed by atoms with Crippen LogP contribution in [-0.4, -0.2) is 37.6 Å². The van der Waals surface area contributed by atoms with Crippen LogP contribution in [0.4, 0.5) is 5.69 Å². The van der Waals surface area contributed by atoms with Crippen LogP contribution in [-0.2, 0) is 9.53 Å². The highest BCUT2D eigenvalue weighted by Crippen LogP contribution is 2.18. The minimum atomic E-state index is -0.269. The fourth-order valence-electron chi connectivity index (χ4n) is 2.55. The molecule has 2 aromatic rings. The van der Waals surface area contributed by atoms with Gasteiger partial charge in [-0.25, -0.2) is 0 Å². The standard InChI is InChI=1S/C18H17ClN2O3/c19-16-9-5-4-8-15(16)18(23)20-10-14-11-21(17(22)12-24-14)13-6-2-1-3-7-13/h1-9,14H,10-12H2,(H,20,23). The van der Waals surface area contributed by atoms with Gasteiger partial charge >= 0.3 is 0 Å². The van der Waals surface area contributed by atoms with E-state index < -0.39 is 0 Å². The molecule has 0 saturated carbocycles. The molecule has 5 nitrogen and oxygen atoms in total. The van der Waals surface area contributed by atoms with Crippen LogP contribution in [0.2, 0.25) is 5.02 Å². The second kappa shape index (κ2) is 7.47. The van der Waals surface area contributed by atoms with Crippen LogP contribution in [0.25, 0.3) is 0 Å². The summed E-state index contributed by atoms with van der Waals surface area (Å²) in [6.07, 6.45) is -0.269. The van der Waals surface area contributed by atoms with Gasteiger partial charge in [-0.1, -0.05) is 41.9 Å². The van der Waals surface area contributed by atoms with Crippen molar-refractivity contribution in [2.24, 2.45) is 0 Å². The van der Waals surface area contributed by atoms with E-state index in [0.29, 0.717) is 23.7 Å². The first-order valence-electron chi connectivity index (χ1n) is 7.65. The summed E-state index contributed by atoms with van der Waals surface area (Å²) in [5, 5.41) is 3.21. The van der Waals surface area contributed by atoms with Crippen molar-refractivity contribution in [2.75, 3.05) is 24.6 Å². The van der Waals surface area contributed by atoms with Gasteiger partial charge in [0.15, 0.2) is 0 Å². The number of hydrogen-bond donors (Lipinski definition) is 1. The zero-order valence-electron chi connectivity index (χ0n) is 12.9. The molecule has 1 aliphatic heterocycles. The van der Waals surface area contributed by atoms with E-state index in [1.807, 2.05) is 30.3 Å². The van der Waals surface area contributed by atoms with Gasteiger partial charge in [0, 0.05) is 12.2 Å². The molecule has 0 aromatic heterocycles. The summed E-state index contributed by atoms with van der Waals surface area (Å²) in [6, 6.07) is 16.3. The Labute approximate surface area is 145 Å². The van der Waals surface area contributed by atoms with E-state index >= 15 is 0 Å². The van der Waals surface area contributed by atoms with E-state index in [1.54, 1.807) is 29.2 Å². The Morgan fingerprint density at radius 2 is 1.88 bits per heavy atom. The van der Waals surface area contributed by atoms with Crippen molar-refractivity contribution in [1.29, 1.82) is 0 Å². The van der Waals surface area contributed by atoms with Gasteiger partial charge in [-0.2, -0.15) is 0 Å². The maximum absolute atomic E-state index is 12.2. The third-order valence-electron chi connectivity index (χ3n) is 3.81. The number of ether oxygens (including phenoxy) is 1. The van der Waals surface area contributed by atoms with Crippen LogP contribution >= 0.6 is 11.6 Å². The average molecular weight is 345 g/mol. The number of carbonyl (C=O) groups is 2. The number of anilines is 1. The van der Waals surface area contributed by atoms with Crippen LogP contribution in [0, 0.1) is 0 Å². The second-order valence-electron chi connectivity index (χ2n) is 5.46. The van der Waals surface area contributed by atoms with Gasteiger partial charge in [0.1, 0.15) is 6.61 Å². The Morgan fingerprint density at radius 1 is 1.17 bits per heavy atom. The van der Waals surface area contributed by atoms with Gasteiger partial charge in [0.25, 0.3) is 11.8 Å². The summed E-state index contributed by atoms with van der Waals surface area (Å²) in [4.78, 5) is 25.9. The van der Waals surface area contributed by atoms with Crippen molar-refractivity contribution in [2.45, 2.75) is 6.10 Å². The second-order valence-corrected chi connectivity index (χ2v) is 5.87. The lowest BCUT2D eigenvalue weighted by atomic mass is 10.2. The van der Waals surface area contributed by atoms with Gasteiger partial charge in [0.05, 0.1) is 23.2 Å². The molecule has 1 saturated heterocycles. The lowest BCUT2D eigenvalue weighted by molar-refractivity contribution is -0.129. The quantitative estimate of drug-likeness (QED) is 0.927. The molecule has 6 heteroatoms. The van der Waals surface area contributed by atoms with Crippen molar-refractivity contribution >= 4 is 29.1 Å². The van der Waals surface area contributed by atoms with Crippen LogP contribution < -0.4 is 10.2 Å². The Hall–Kier alpha value is -2.37.